The van der Waals surface area contributed by atoms with Gasteiger partial charge in [-0.2, -0.15) is 0 Å². The molecule has 0 aliphatic carbocycles. The highest BCUT2D eigenvalue weighted by Gasteiger charge is 2.12. The Labute approximate surface area is 110 Å². The van der Waals surface area contributed by atoms with Gasteiger partial charge < -0.3 is 10.6 Å². The van der Waals surface area contributed by atoms with Gasteiger partial charge in [0.15, 0.2) is 0 Å². The van der Waals surface area contributed by atoms with Crippen molar-refractivity contribution in [3.05, 3.63) is 47.5 Å². The Hall–Kier alpha value is -1.72. The lowest BCUT2D eigenvalue weighted by atomic mass is 10.3. The molecule has 4 nitrogen and oxygen atoms in total. The molecule has 2 heterocycles. The van der Waals surface area contributed by atoms with Gasteiger partial charge in [0.05, 0.1) is 5.69 Å². The Morgan fingerprint density at radius 3 is 2.72 bits per heavy atom. The lowest BCUT2D eigenvalue weighted by Gasteiger charge is -2.05. The third-order valence-electron chi connectivity index (χ3n) is 2.66. The predicted octanol–water partition coefficient (Wildman–Crippen LogP) is 2.38. The quantitative estimate of drug-likeness (QED) is 0.876. The molecule has 1 aliphatic rings. The average molecular weight is 267 g/mol. The summed E-state index contributed by atoms with van der Waals surface area (Å²) in [5.41, 5.74) is 2.93. The van der Waals surface area contributed by atoms with Crippen LogP contribution in [0.4, 0.5) is 16.0 Å². The fraction of sp³-hybridized carbons (Fsp3) is 0.167. The van der Waals surface area contributed by atoms with E-state index in [1.54, 1.807) is 12.1 Å². The van der Waals surface area contributed by atoms with Crippen molar-refractivity contribution >= 4 is 24.0 Å². The molecule has 0 saturated heterocycles. The molecule has 18 heavy (non-hydrogen) atoms. The van der Waals surface area contributed by atoms with Crippen molar-refractivity contribution in [3.63, 3.8) is 0 Å². The first-order chi connectivity index (χ1) is 8.31. The van der Waals surface area contributed by atoms with Gasteiger partial charge in [-0.15, -0.1) is 12.4 Å². The monoisotopic (exact) mass is 266 g/mol. The van der Waals surface area contributed by atoms with Gasteiger partial charge in [-0.05, 0) is 24.3 Å². The van der Waals surface area contributed by atoms with Crippen LogP contribution in [-0.4, -0.2) is 9.97 Å². The van der Waals surface area contributed by atoms with E-state index in [0.29, 0.717) is 5.95 Å². The minimum absolute atomic E-state index is 0. The molecule has 0 radical (unpaired) electrons. The molecule has 0 amide bonds. The summed E-state index contributed by atoms with van der Waals surface area (Å²) < 4.78 is 12.7. The van der Waals surface area contributed by atoms with Gasteiger partial charge in [0.2, 0.25) is 5.95 Å². The maximum absolute atomic E-state index is 12.7. The molecule has 0 atom stereocenters. The van der Waals surface area contributed by atoms with Crippen molar-refractivity contribution in [2.75, 3.05) is 5.32 Å². The van der Waals surface area contributed by atoms with Gasteiger partial charge in [-0.25, -0.2) is 14.4 Å². The molecule has 0 bridgehead atoms. The van der Waals surface area contributed by atoms with Crippen LogP contribution in [0.1, 0.15) is 11.3 Å². The molecular weight excluding hydrogens is 255 g/mol. The van der Waals surface area contributed by atoms with E-state index in [0.717, 1.165) is 30.0 Å². The van der Waals surface area contributed by atoms with Crippen LogP contribution in [-0.2, 0) is 13.1 Å². The van der Waals surface area contributed by atoms with Crippen LogP contribution in [0.25, 0.3) is 0 Å². The Bertz CT molecular complexity index is 544. The Morgan fingerprint density at radius 1 is 1.17 bits per heavy atom. The van der Waals surface area contributed by atoms with Gasteiger partial charge in [0.1, 0.15) is 5.82 Å². The SMILES string of the molecule is Cl.Fc1ccc(Nc2ncc3c(n2)CNC3)cc1. The standard InChI is InChI=1S/C12H11FN4.ClH/c13-9-1-3-10(4-2-9)16-12-15-6-8-5-14-7-11(8)17-12;/h1-4,6,14H,5,7H2,(H,15,16,17);1H. The molecule has 1 aromatic carbocycles. The number of hydrogen-bond donors (Lipinski definition) is 2. The molecule has 0 spiro atoms. The zero-order valence-corrected chi connectivity index (χ0v) is 10.3. The van der Waals surface area contributed by atoms with Crippen molar-refractivity contribution < 1.29 is 4.39 Å². The molecule has 1 aliphatic heterocycles. The first-order valence-electron chi connectivity index (χ1n) is 5.39. The van der Waals surface area contributed by atoms with Crippen LogP contribution in [0.5, 0.6) is 0 Å². The van der Waals surface area contributed by atoms with E-state index in [9.17, 15) is 4.39 Å². The van der Waals surface area contributed by atoms with Gasteiger partial charge in [-0.1, -0.05) is 0 Å². The van der Waals surface area contributed by atoms with Gasteiger partial charge in [0.25, 0.3) is 0 Å². The summed E-state index contributed by atoms with van der Waals surface area (Å²) in [4.78, 5) is 8.60. The topological polar surface area (TPSA) is 49.8 Å². The smallest absolute Gasteiger partial charge is 0.227 e. The van der Waals surface area contributed by atoms with Crippen LogP contribution in [0.15, 0.2) is 30.5 Å². The number of fused-ring (bicyclic) bond motifs is 1. The fourth-order valence-electron chi connectivity index (χ4n) is 1.78. The summed E-state index contributed by atoms with van der Waals surface area (Å²) in [6, 6.07) is 6.11. The second-order valence-corrected chi connectivity index (χ2v) is 3.90. The number of benzene rings is 1. The van der Waals surface area contributed by atoms with Gasteiger partial charge in [-0.3, -0.25) is 0 Å². The van der Waals surface area contributed by atoms with Crippen molar-refractivity contribution in [1.29, 1.82) is 0 Å². The summed E-state index contributed by atoms with van der Waals surface area (Å²) in [5, 5.41) is 6.25. The first kappa shape index (κ1) is 12.7. The molecule has 0 unspecified atom stereocenters. The minimum atomic E-state index is -0.255. The van der Waals surface area contributed by atoms with Crippen molar-refractivity contribution in [3.8, 4) is 0 Å². The second-order valence-electron chi connectivity index (χ2n) is 3.90. The average Bonchev–Trinajstić information content (AvgIpc) is 2.79. The fourth-order valence-corrected chi connectivity index (χ4v) is 1.78. The van der Waals surface area contributed by atoms with Crippen molar-refractivity contribution in [2.45, 2.75) is 13.1 Å². The molecule has 94 valence electrons. The number of anilines is 2. The number of aromatic nitrogens is 2. The van der Waals surface area contributed by atoms with Crippen molar-refractivity contribution in [1.82, 2.24) is 15.3 Å². The first-order valence-corrected chi connectivity index (χ1v) is 5.39. The Morgan fingerprint density at radius 2 is 1.94 bits per heavy atom. The summed E-state index contributed by atoms with van der Waals surface area (Å²) in [7, 11) is 0. The zero-order valence-electron chi connectivity index (χ0n) is 9.48. The number of nitrogens with zero attached hydrogens (tertiary/aromatic N) is 2. The van der Waals surface area contributed by atoms with E-state index in [1.165, 1.54) is 12.1 Å². The second kappa shape index (κ2) is 5.29. The predicted molar refractivity (Wildman–Crippen MR) is 69.5 cm³/mol. The summed E-state index contributed by atoms with van der Waals surface area (Å²) >= 11 is 0. The van der Waals surface area contributed by atoms with Crippen LogP contribution in [0, 0.1) is 5.82 Å². The molecular formula is C12H12ClFN4. The minimum Gasteiger partial charge on any atom is -0.324 e. The third-order valence-corrected chi connectivity index (χ3v) is 2.66. The third kappa shape index (κ3) is 2.57. The molecule has 0 fully saturated rings. The maximum Gasteiger partial charge on any atom is 0.227 e. The van der Waals surface area contributed by atoms with Crippen LogP contribution in [0.3, 0.4) is 0 Å². The van der Waals surface area contributed by atoms with Crippen molar-refractivity contribution in [2.24, 2.45) is 0 Å². The molecule has 6 heteroatoms. The highest BCUT2D eigenvalue weighted by atomic mass is 35.5. The van der Waals surface area contributed by atoms with Crippen LogP contribution >= 0.6 is 12.4 Å². The Balaban J connectivity index is 0.00000120. The highest BCUT2D eigenvalue weighted by Crippen LogP contribution is 2.17. The molecule has 2 aromatic rings. The van der Waals surface area contributed by atoms with Gasteiger partial charge >= 0.3 is 0 Å². The highest BCUT2D eigenvalue weighted by molar-refractivity contribution is 5.85. The van der Waals surface area contributed by atoms with Gasteiger partial charge in [0, 0.05) is 30.5 Å². The molecule has 1 aromatic heterocycles. The van der Waals surface area contributed by atoms with E-state index >= 15 is 0 Å². The largest absolute Gasteiger partial charge is 0.324 e. The number of nitrogens with one attached hydrogen (secondary N) is 2. The summed E-state index contributed by atoms with van der Waals surface area (Å²) in [6.07, 6.45) is 1.81. The lowest BCUT2D eigenvalue weighted by molar-refractivity contribution is 0.628. The number of rotatable bonds is 2. The Kier molecular flexibility index (Phi) is 3.74. The normalized spacial score (nSPS) is 12.7. The van der Waals surface area contributed by atoms with E-state index in [1.807, 2.05) is 6.20 Å². The molecule has 0 saturated carbocycles. The van der Waals surface area contributed by atoms with E-state index < -0.39 is 0 Å². The molecule has 2 N–H and O–H groups in total. The van der Waals surface area contributed by atoms with Crippen LogP contribution < -0.4 is 10.6 Å². The maximum atomic E-state index is 12.7. The number of hydrogen-bond acceptors (Lipinski definition) is 4. The van der Waals surface area contributed by atoms with E-state index in [2.05, 4.69) is 20.6 Å². The summed E-state index contributed by atoms with van der Waals surface area (Å²) in [6.45, 7) is 1.60. The molecule has 3 rings (SSSR count). The van der Waals surface area contributed by atoms with E-state index in [-0.39, 0.29) is 18.2 Å². The summed E-state index contributed by atoms with van der Waals surface area (Å²) in [5.74, 6) is 0.286. The number of halogens is 2. The van der Waals surface area contributed by atoms with Crippen LogP contribution in [0.2, 0.25) is 0 Å². The van der Waals surface area contributed by atoms with E-state index in [4.69, 9.17) is 0 Å². The lowest BCUT2D eigenvalue weighted by Crippen LogP contribution is -2.01. The zero-order chi connectivity index (χ0) is 11.7.